The standard InChI is InChI=1S/C17H22N2O2/c1-11-5-4-6-13(18-11)19-14(20)17-9-12-7-8-16(17,3)15(12,2)10-21-17/h4-6,12H,7-10H2,1-3H3,(H,18,19,20). The molecule has 2 heterocycles. The molecule has 2 saturated carbocycles. The minimum atomic E-state index is -0.657. The number of nitrogens with zero attached hydrogens (tertiary/aromatic N) is 1. The third kappa shape index (κ3) is 1.39. The fourth-order valence-electron chi connectivity index (χ4n) is 5.09. The van der Waals surface area contributed by atoms with Crippen LogP contribution in [0.4, 0.5) is 5.82 Å². The van der Waals surface area contributed by atoms with Crippen LogP contribution in [0, 0.1) is 23.7 Å². The molecule has 4 rings (SSSR count). The van der Waals surface area contributed by atoms with E-state index in [0.29, 0.717) is 18.3 Å². The van der Waals surface area contributed by atoms with E-state index in [9.17, 15) is 4.79 Å². The van der Waals surface area contributed by atoms with Gasteiger partial charge in [-0.2, -0.15) is 0 Å². The summed E-state index contributed by atoms with van der Waals surface area (Å²) in [6.07, 6.45) is 3.18. The zero-order chi connectivity index (χ0) is 14.9. The summed E-state index contributed by atoms with van der Waals surface area (Å²) in [5.41, 5.74) is 0.362. The highest BCUT2D eigenvalue weighted by Gasteiger charge is 2.78. The molecular formula is C17H22N2O2. The predicted octanol–water partition coefficient (Wildman–Crippen LogP) is 2.92. The Labute approximate surface area is 125 Å². The van der Waals surface area contributed by atoms with Crippen LogP contribution >= 0.6 is 0 Å². The van der Waals surface area contributed by atoms with Crippen molar-refractivity contribution < 1.29 is 9.53 Å². The molecule has 4 nitrogen and oxygen atoms in total. The van der Waals surface area contributed by atoms with Crippen LogP contribution in [0.1, 0.15) is 38.8 Å². The van der Waals surface area contributed by atoms with Crippen LogP contribution in [0.5, 0.6) is 0 Å². The normalized spacial score (nSPS) is 43.3. The summed E-state index contributed by atoms with van der Waals surface area (Å²) in [6, 6.07) is 5.68. The summed E-state index contributed by atoms with van der Waals surface area (Å²) in [4.78, 5) is 17.3. The van der Waals surface area contributed by atoms with E-state index in [0.717, 1.165) is 18.5 Å². The van der Waals surface area contributed by atoms with Crippen molar-refractivity contribution in [1.29, 1.82) is 0 Å². The van der Waals surface area contributed by atoms with Crippen LogP contribution in [0.2, 0.25) is 0 Å². The Balaban J connectivity index is 1.66. The van der Waals surface area contributed by atoms with Crippen molar-refractivity contribution in [2.45, 2.75) is 45.6 Å². The molecule has 1 saturated heterocycles. The molecule has 4 atom stereocenters. The van der Waals surface area contributed by atoms with Crippen LogP contribution in [0.25, 0.3) is 0 Å². The largest absolute Gasteiger partial charge is 0.364 e. The SMILES string of the molecule is Cc1cccc(NC(=O)C23CC4CCC2(C)C4(C)CO3)n1. The van der Waals surface area contributed by atoms with Crippen LogP contribution in [-0.2, 0) is 9.53 Å². The monoisotopic (exact) mass is 286 g/mol. The summed E-state index contributed by atoms with van der Waals surface area (Å²) < 4.78 is 6.10. The molecular weight excluding hydrogens is 264 g/mol. The molecule has 4 unspecified atom stereocenters. The average Bonchev–Trinajstić information content (AvgIpc) is 2.91. The summed E-state index contributed by atoms with van der Waals surface area (Å²) in [7, 11) is 0. The number of rotatable bonds is 2. The number of hydrogen-bond donors (Lipinski definition) is 1. The Morgan fingerprint density at radius 3 is 2.90 bits per heavy atom. The summed E-state index contributed by atoms with van der Waals surface area (Å²) >= 11 is 0. The molecule has 0 spiro atoms. The van der Waals surface area contributed by atoms with Crippen LogP contribution < -0.4 is 5.32 Å². The van der Waals surface area contributed by atoms with Gasteiger partial charge in [0, 0.05) is 16.5 Å². The number of carbonyl (C=O) groups excluding carboxylic acids is 1. The Kier molecular flexibility index (Phi) is 2.44. The van der Waals surface area contributed by atoms with Gasteiger partial charge >= 0.3 is 0 Å². The molecule has 2 aliphatic carbocycles. The average molecular weight is 286 g/mol. The van der Waals surface area contributed by atoms with Gasteiger partial charge in [-0.3, -0.25) is 4.79 Å². The van der Waals surface area contributed by atoms with Crippen molar-refractivity contribution in [2.75, 3.05) is 11.9 Å². The van der Waals surface area contributed by atoms with Crippen molar-refractivity contribution in [2.24, 2.45) is 16.7 Å². The lowest BCUT2D eigenvalue weighted by Crippen LogP contribution is -2.52. The molecule has 0 aromatic carbocycles. The maximum absolute atomic E-state index is 13.0. The highest BCUT2D eigenvalue weighted by molar-refractivity contribution is 5.98. The summed E-state index contributed by atoms with van der Waals surface area (Å²) in [5.74, 6) is 1.24. The lowest BCUT2D eigenvalue weighted by molar-refractivity contribution is -0.149. The number of aromatic nitrogens is 1. The molecule has 21 heavy (non-hydrogen) atoms. The minimum Gasteiger partial charge on any atom is -0.364 e. The number of amides is 1. The van der Waals surface area contributed by atoms with Gasteiger partial charge in [0.2, 0.25) is 0 Å². The van der Waals surface area contributed by atoms with Gasteiger partial charge in [-0.05, 0) is 44.2 Å². The second-order valence-corrected chi connectivity index (χ2v) is 7.42. The minimum absolute atomic E-state index is 0.00553. The van der Waals surface area contributed by atoms with Crippen molar-refractivity contribution in [1.82, 2.24) is 4.98 Å². The second kappa shape index (κ2) is 3.86. The van der Waals surface area contributed by atoms with Gasteiger partial charge in [-0.1, -0.05) is 19.9 Å². The van der Waals surface area contributed by atoms with E-state index < -0.39 is 5.60 Å². The van der Waals surface area contributed by atoms with Gasteiger partial charge in [-0.15, -0.1) is 0 Å². The van der Waals surface area contributed by atoms with E-state index >= 15 is 0 Å². The lowest BCUT2D eigenvalue weighted by atomic mass is 9.66. The first kappa shape index (κ1) is 13.3. The molecule has 1 amide bonds. The Morgan fingerprint density at radius 1 is 1.43 bits per heavy atom. The van der Waals surface area contributed by atoms with Crippen LogP contribution in [0.15, 0.2) is 18.2 Å². The first-order valence-electron chi connectivity index (χ1n) is 7.80. The number of carbonyl (C=O) groups is 1. The molecule has 4 bridgehead atoms. The highest BCUT2D eigenvalue weighted by atomic mass is 16.5. The Bertz CT molecular complexity index is 631. The van der Waals surface area contributed by atoms with E-state index in [2.05, 4.69) is 24.1 Å². The topological polar surface area (TPSA) is 51.2 Å². The van der Waals surface area contributed by atoms with Crippen molar-refractivity contribution in [3.8, 4) is 0 Å². The molecule has 1 aromatic heterocycles. The zero-order valence-corrected chi connectivity index (χ0v) is 12.9. The van der Waals surface area contributed by atoms with Gasteiger partial charge in [0.1, 0.15) is 5.82 Å². The van der Waals surface area contributed by atoms with E-state index in [4.69, 9.17) is 4.74 Å². The highest BCUT2D eigenvalue weighted by Crippen LogP contribution is 2.75. The smallest absolute Gasteiger partial charge is 0.258 e. The molecule has 1 N–H and O–H groups in total. The van der Waals surface area contributed by atoms with Gasteiger partial charge in [0.05, 0.1) is 6.61 Å². The lowest BCUT2D eigenvalue weighted by Gasteiger charge is -2.39. The number of hydrogen-bond acceptors (Lipinski definition) is 3. The van der Waals surface area contributed by atoms with Gasteiger partial charge < -0.3 is 10.1 Å². The summed E-state index contributed by atoms with van der Waals surface area (Å²) in [5, 5.41) is 3.00. The predicted molar refractivity (Wildman–Crippen MR) is 79.8 cm³/mol. The Morgan fingerprint density at radius 2 is 2.24 bits per heavy atom. The van der Waals surface area contributed by atoms with Crippen molar-refractivity contribution in [3.05, 3.63) is 23.9 Å². The van der Waals surface area contributed by atoms with E-state index in [1.54, 1.807) is 0 Å². The molecule has 112 valence electrons. The first-order chi connectivity index (χ1) is 9.91. The number of nitrogens with one attached hydrogen (secondary N) is 1. The Hall–Kier alpha value is -1.42. The molecule has 3 fully saturated rings. The fourth-order valence-corrected chi connectivity index (χ4v) is 5.09. The van der Waals surface area contributed by atoms with Crippen molar-refractivity contribution >= 4 is 11.7 Å². The van der Waals surface area contributed by atoms with Gasteiger partial charge in [0.15, 0.2) is 5.60 Å². The third-order valence-electron chi connectivity index (χ3n) is 6.69. The van der Waals surface area contributed by atoms with Crippen LogP contribution in [0.3, 0.4) is 0 Å². The third-order valence-corrected chi connectivity index (χ3v) is 6.69. The maximum Gasteiger partial charge on any atom is 0.258 e. The molecule has 4 heteroatoms. The zero-order valence-electron chi connectivity index (χ0n) is 12.9. The number of ether oxygens (including phenoxy) is 1. The van der Waals surface area contributed by atoms with Gasteiger partial charge in [0.25, 0.3) is 5.91 Å². The molecule has 1 aliphatic heterocycles. The van der Waals surface area contributed by atoms with Crippen molar-refractivity contribution in [3.63, 3.8) is 0 Å². The van der Waals surface area contributed by atoms with E-state index in [1.165, 1.54) is 6.42 Å². The van der Waals surface area contributed by atoms with Gasteiger partial charge in [-0.25, -0.2) is 4.98 Å². The fraction of sp³-hybridized carbons (Fsp3) is 0.647. The number of anilines is 1. The quantitative estimate of drug-likeness (QED) is 0.909. The number of pyridine rings is 1. The number of aryl methyl sites for hydroxylation is 1. The summed E-state index contributed by atoms with van der Waals surface area (Å²) in [6.45, 7) is 7.19. The molecule has 3 aliphatic rings. The maximum atomic E-state index is 13.0. The van der Waals surface area contributed by atoms with E-state index in [1.807, 2.05) is 25.1 Å². The van der Waals surface area contributed by atoms with Crippen LogP contribution in [-0.4, -0.2) is 23.1 Å². The second-order valence-electron chi connectivity index (χ2n) is 7.42. The van der Waals surface area contributed by atoms with E-state index in [-0.39, 0.29) is 16.7 Å². The molecule has 0 radical (unpaired) electrons. The first-order valence-corrected chi connectivity index (χ1v) is 7.80. The molecule has 1 aromatic rings.